The molecule has 1 aliphatic rings. The van der Waals surface area contributed by atoms with Gasteiger partial charge < -0.3 is 10.1 Å². The molecule has 0 spiro atoms. The maximum Gasteiger partial charge on any atom is 0.228 e. The lowest BCUT2D eigenvalue weighted by atomic mass is 9.97. The fourth-order valence-electron chi connectivity index (χ4n) is 3.08. The standard InChI is InChI=1S/C18H28N2O4S/c1-14(2)16-8-4-5-9-17(16)19-18(21)15-7-6-10-20(13-15)25(22,23)12-11-24-3/h4-5,8-9,14-15H,6-7,10-13H2,1-3H3,(H,19,21). The van der Waals surface area contributed by atoms with Gasteiger partial charge in [0.1, 0.15) is 0 Å². The summed E-state index contributed by atoms with van der Waals surface area (Å²) in [7, 11) is -1.90. The maximum atomic E-state index is 12.7. The molecule has 1 saturated heterocycles. The number of nitrogens with one attached hydrogen (secondary N) is 1. The van der Waals surface area contributed by atoms with Crippen LogP contribution in [0.15, 0.2) is 24.3 Å². The van der Waals surface area contributed by atoms with Gasteiger partial charge in [-0.15, -0.1) is 0 Å². The van der Waals surface area contributed by atoms with Crippen molar-refractivity contribution in [2.45, 2.75) is 32.6 Å². The predicted molar refractivity (Wildman–Crippen MR) is 99.1 cm³/mol. The van der Waals surface area contributed by atoms with E-state index in [9.17, 15) is 13.2 Å². The molecule has 25 heavy (non-hydrogen) atoms. The summed E-state index contributed by atoms with van der Waals surface area (Å²) in [5, 5.41) is 2.99. The predicted octanol–water partition coefficient (Wildman–Crippen LogP) is 2.44. The second-order valence-electron chi connectivity index (χ2n) is 6.74. The number of anilines is 1. The van der Waals surface area contributed by atoms with Gasteiger partial charge in [-0.2, -0.15) is 0 Å². The van der Waals surface area contributed by atoms with E-state index in [1.807, 2.05) is 24.3 Å². The summed E-state index contributed by atoms with van der Waals surface area (Å²) >= 11 is 0. The fraction of sp³-hybridized carbons (Fsp3) is 0.611. The molecule has 1 heterocycles. The average Bonchev–Trinajstić information content (AvgIpc) is 2.60. The molecule has 0 aliphatic carbocycles. The minimum atomic E-state index is -3.38. The minimum absolute atomic E-state index is 0.0476. The Kier molecular flexibility index (Phi) is 6.98. The van der Waals surface area contributed by atoms with Crippen molar-refractivity contribution in [3.8, 4) is 0 Å². The SMILES string of the molecule is COCCS(=O)(=O)N1CCCC(C(=O)Nc2ccccc2C(C)C)C1. The highest BCUT2D eigenvalue weighted by atomic mass is 32.2. The number of amides is 1. The number of carbonyl (C=O) groups is 1. The summed E-state index contributed by atoms with van der Waals surface area (Å²) < 4.78 is 31.0. The number of para-hydroxylation sites is 1. The quantitative estimate of drug-likeness (QED) is 0.802. The first-order chi connectivity index (χ1) is 11.8. The van der Waals surface area contributed by atoms with Crippen LogP contribution in [0.4, 0.5) is 5.69 Å². The number of carbonyl (C=O) groups excluding carboxylic acids is 1. The van der Waals surface area contributed by atoms with Gasteiger partial charge in [0, 0.05) is 25.9 Å². The fourth-order valence-corrected chi connectivity index (χ4v) is 4.53. The molecule has 1 aromatic carbocycles. The van der Waals surface area contributed by atoms with Crippen molar-refractivity contribution in [3.63, 3.8) is 0 Å². The Balaban J connectivity index is 2.05. The van der Waals surface area contributed by atoms with Crippen molar-refractivity contribution in [2.24, 2.45) is 5.92 Å². The van der Waals surface area contributed by atoms with Crippen LogP contribution in [-0.4, -0.2) is 51.2 Å². The highest BCUT2D eigenvalue weighted by Crippen LogP contribution is 2.26. The Bertz CT molecular complexity index is 688. The van der Waals surface area contributed by atoms with Crippen LogP contribution >= 0.6 is 0 Å². The van der Waals surface area contributed by atoms with Crippen molar-refractivity contribution in [1.82, 2.24) is 4.31 Å². The van der Waals surface area contributed by atoms with Crippen molar-refractivity contribution < 1.29 is 17.9 Å². The molecule has 0 bridgehead atoms. The van der Waals surface area contributed by atoms with Crippen LogP contribution in [0.2, 0.25) is 0 Å². The molecule has 7 heteroatoms. The Morgan fingerprint density at radius 2 is 2.08 bits per heavy atom. The number of hydrogen-bond donors (Lipinski definition) is 1. The number of piperidine rings is 1. The first-order valence-corrected chi connectivity index (χ1v) is 10.3. The van der Waals surface area contributed by atoms with E-state index in [2.05, 4.69) is 19.2 Å². The first-order valence-electron chi connectivity index (χ1n) is 8.71. The van der Waals surface area contributed by atoms with E-state index in [0.717, 1.165) is 11.3 Å². The van der Waals surface area contributed by atoms with Gasteiger partial charge in [0.05, 0.1) is 18.3 Å². The van der Waals surface area contributed by atoms with Crippen LogP contribution in [-0.2, 0) is 19.6 Å². The maximum absolute atomic E-state index is 12.7. The third-order valence-electron chi connectivity index (χ3n) is 4.53. The van der Waals surface area contributed by atoms with Crippen LogP contribution < -0.4 is 5.32 Å². The molecule has 1 fully saturated rings. The van der Waals surface area contributed by atoms with Gasteiger partial charge in [-0.1, -0.05) is 32.0 Å². The van der Waals surface area contributed by atoms with Gasteiger partial charge in [0.2, 0.25) is 15.9 Å². The number of methoxy groups -OCH3 is 1. The molecule has 0 saturated carbocycles. The zero-order valence-corrected chi connectivity index (χ0v) is 16.0. The third-order valence-corrected chi connectivity index (χ3v) is 6.34. The van der Waals surface area contributed by atoms with Gasteiger partial charge in [-0.3, -0.25) is 4.79 Å². The topological polar surface area (TPSA) is 75.7 Å². The molecule has 140 valence electrons. The summed E-state index contributed by atoms with van der Waals surface area (Å²) in [6.45, 7) is 5.03. The van der Waals surface area contributed by atoms with Crippen LogP contribution in [0, 0.1) is 5.92 Å². The molecule has 1 N–H and O–H groups in total. The van der Waals surface area contributed by atoms with Gasteiger partial charge in [0.25, 0.3) is 0 Å². The van der Waals surface area contributed by atoms with Gasteiger partial charge in [-0.25, -0.2) is 12.7 Å². The van der Waals surface area contributed by atoms with Crippen molar-refractivity contribution in [1.29, 1.82) is 0 Å². The summed E-state index contributed by atoms with van der Waals surface area (Å²) in [5.41, 5.74) is 1.89. The summed E-state index contributed by atoms with van der Waals surface area (Å²) in [5.74, 6) is -0.187. The zero-order valence-electron chi connectivity index (χ0n) is 15.2. The number of benzene rings is 1. The largest absolute Gasteiger partial charge is 0.384 e. The molecule has 1 aliphatic heterocycles. The van der Waals surface area contributed by atoms with Crippen molar-refractivity contribution in [2.75, 3.05) is 37.9 Å². The normalized spacial score (nSPS) is 19.1. The number of rotatable bonds is 7. The second-order valence-corrected chi connectivity index (χ2v) is 8.83. The Hall–Kier alpha value is -1.44. The minimum Gasteiger partial charge on any atom is -0.384 e. The van der Waals surface area contributed by atoms with E-state index in [1.165, 1.54) is 11.4 Å². The van der Waals surface area contributed by atoms with E-state index >= 15 is 0 Å². The number of ether oxygens (including phenoxy) is 1. The highest BCUT2D eigenvalue weighted by Gasteiger charge is 2.32. The van der Waals surface area contributed by atoms with Gasteiger partial charge >= 0.3 is 0 Å². The lowest BCUT2D eigenvalue weighted by molar-refractivity contribution is -0.120. The summed E-state index contributed by atoms with van der Waals surface area (Å²) in [6.07, 6.45) is 1.39. The molecule has 0 aromatic heterocycles. The molecule has 6 nitrogen and oxygen atoms in total. The number of nitrogens with zero attached hydrogens (tertiary/aromatic N) is 1. The second kappa shape index (κ2) is 8.78. The smallest absolute Gasteiger partial charge is 0.228 e. The van der Waals surface area contributed by atoms with E-state index in [-0.39, 0.29) is 30.7 Å². The van der Waals surface area contributed by atoms with Gasteiger partial charge in [0.15, 0.2) is 0 Å². The lowest BCUT2D eigenvalue weighted by Crippen LogP contribution is -2.45. The molecular weight excluding hydrogens is 340 g/mol. The Morgan fingerprint density at radius 3 is 2.76 bits per heavy atom. The Morgan fingerprint density at radius 1 is 1.36 bits per heavy atom. The molecule has 2 rings (SSSR count). The van der Waals surface area contributed by atoms with E-state index < -0.39 is 10.0 Å². The Labute approximate surface area is 150 Å². The first kappa shape index (κ1) is 19.9. The molecule has 1 unspecified atom stereocenters. The van der Waals surface area contributed by atoms with Crippen molar-refractivity contribution in [3.05, 3.63) is 29.8 Å². The van der Waals surface area contributed by atoms with Crippen LogP contribution in [0.5, 0.6) is 0 Å². The van der Waals surface area contributed by atoms with Crippen LogP contribution in [0.1, 0.15) is 38.2 Å². The van der Waals surface area contributed by atoms with Crippen molar-refractivity contribution >= 4 is 21.6 Å². The van der Waals surface area contributed by atoms with Crippen LogP contribution in [0.25, 0.3) is 0 Å². The third kappa shape index (κ3) is 5.26. The summed E-state index contributed by atoms with van der Waals surface area (Å²) in [6, 6.07) is 7.74. The monoisotopic (exact) mass is 368 g/mol. The molecule has 1 amide bonds. The molecule has 0 radical (unpaired) electrons. The highest BCUT2D eigenvalue weighted by molar-refractivity contribution is 7.89. The van der Waals surface area contributed by atoms with E-state index in [1.54, 1.807) is 0 Å². The zero-order chi connectivity index (χ0) is 18.4. The van der Waals surface area contributed by atoms with E-state index in [0.29, 0.717) is 25.3 Å². The lowest BCUT2D eigenvalue weighted by Gasteiger charge is -2.31. The number of sulfonamides is 1. The molecule has 1 aromatic rings. The van der Waals surface area contributed by atoms with Gasteiger partial charge in [-0.05, 0) is 30.4 Å². The van der Waals surface area contributed by atoms with E-state index in [4.69, 9.17) is 4.74 Å². The average molecular weight is 368 g/mol. The molecule has 1 atom stereocenters. The number of hydrogen-bond acceptors (Lipinski definition) is 4. The van der Waals surface area contributed by atoms with Crippen LogP contribution in [0.3, 0.4) is 0 Å². The molecular formula is C18H28N2O4S. The summed E-state index contributed by atoms with van der Waals surface area (Å²) in [4.78, 5) is 12.7.